The number of carbonyl (C=O) groups excluding carboxylic acids is 1. The molecule has 3 aromatic carbocycles. The molecular weight excluding hydrogens is 368 g/mol. The smallest absolute Gasteiger partial charge is 0.315 e. The Morgan fingerprint density at radius 3 is 2.24 bits per heavy atom. The molecule has 1 heterocycles. The van der Waals surface area contributed by atoms with Crippen molar-refractivity contribution in [3.63, 3.8) is 0 Å². The van der Waals surface area contributed by atoms with Crippen LogP contribution in [0.3, 0.4) is 0 Å². The highest BCUT2D eigenvalue weighted by Crippen LogP contribution is 2.35. The van der Waals surface area contributed by atoms with E-state index in [1.165, 1.54) is 0 Å². The number of hydrogen-bond donors (Lipinski definition) is 2. The standard InChI is InChI=1S/C23H22N2O4/c26-23(24-13-14-27-19-11-12-20-21(15-19)29-16-28-20)25-22(17-7-3-1-4-8-17)18-9-5-2-6-10-18/h1-12,15,22H,13-14,16H2,(H2,24,25,26). The molecule has 0 fully saturated rings. The summed E-state index contributed by atoms with van der Waals surface area (Å²) < 4.78 is 16.3. The molecule has 0 aromatic heterocycles. The number of rotatable bonds is 7. The molecular formula is C23H22N2O4. The Labute approximate surface area is 169 Å². The average Bonchev–Trinajstić information content (AvgIpc) is 3.24. The van der Waals surface area contributed by atoms with Crippen LogP contribution in [0.15, 0.2) is 78.9 Å². The molecule has 0 unspecified atom stereocenters. The third-order valence-corrected chi connectivity index (χ3v) is 4.54. The Bertz CT molecular complexity index is 908. The zero-order chi connectivity index (χ0) is 19.9. The minimum Gasteiger partial charge on any atom is -0.492 e. The molecule has 0 bridgehead atoms. The zero-order valence-corrected chi connectivity index (χ0v) is 15.8. The average molecular weight is 390 g/mol. The van der Waals surface area contributed by atoms with Gasteiger partial charge in [0.2, 0.25) is 6.79 Å². The highest BCUT2D eigenvalue weighted by Gasteiger charge is 2.16. The molecule has 6 nitrogen and oxygen atoms in total. The molecule has 0 atom stereocenters. The van der Waals surface area contributed by atoms with Crippen LogP contribution in [0.25, 0.3) is 0 Å². The van der Waals surface area contributed by atoms with Crippen molar-refractivity contribution in [1.82, 2.24) is 10.6 Å². The first kappa shape index (κ1) is 18.7. The van der Waals surface area contributed by atoms with E-state index in [-0.39, 0.29) is 18.9 Å². The summed E-state index contributed by atoms with van der Waals surface area (Å²) in [7, 11) is 0. The SMILES string of the molecule is O=C(NCCOc1ccc2c(c1)OCO2)NC(c1ccccc1)c1ccccc1. The van der Waals surface area contributed by atoms with Crippen LogP contribution >= 0.6 is 0 Å². The van der Waals surface area contributed by atoms with Gasteiger partial charge < -0.3 is 24.8 Å². The Hall–Kier alpha value is -3.67. The molecule has 0 radical (unpaired) electrons. The molecule has 2 amide bonds. The van der Waals surface area contributed by atoms with Gasteiger partial charge in [-0.25, -0.2) is 4.79 Å². The van der Waals surface area contributed by atoms with Crippen molar-refractivity contribution in [2.45, 2.75) is 6.04 Å². The Morgan fingerprint density at radius 1 is 0.897 bits per heavy atom. The molecule has 3 aromatic rings. The summed E-state index contributed by atoms with van der Waals surface area (Å²) in [5.74, 6) is 2.05. The number of urea groups is 1. The first-order valence-corrected chi connectivity index (χ1v) is 9.46. The summed E-state index contributed by atoms with van der Waals surface area (Å²) in [6.07, 6.45) is 0. The molecule has 6 heteroatoms. The lowest BCUT2D eigenvalue weighted by Crippen LogP contribution is -2.40. The summed E-state index contributed by atoms with van der Waals surface area (Å²) in [6, 6.07) is 24.7. The van der Waals surface area contributed by atoms with Gasteiger partial charge in [0.1, 0.15) is 12.4 Å². The molecule has 0 spiro atoms. The maximum Gasteiger partial charge on any atom is 0.315 e. The highest BCUT2D eigenvalue weighted by molar-refractivity contribution is 5.75. The lowest BCUT2D eigenvalue weighted by molar-refractivity contribution is 0.173. The van der Waals surface area contributed by atoms with Crippen molar-refractivity contribution in [2.24, 2.45) is 0 Å². The predicted octanol–water partition coefficient (Wildman–Crippen LogP) is 3.88. The molecule has 4 rings (SSSR count). The first-order chi connectivity index (χ1) is 14.3. The monoisotopic (exact) mass is 390 g/mol. The van der Waals surface area contributed by atoms with Gasteiger partial charge in [0.15, 0.2) is 11.5 Å². The number of carbonyl (C=O) groups is 1. The van der Waals surface area contributed by atoms with Gasteiger partial charge in [-0.15, -0.1) is 0 Å². The summed E-state index contributed by atoms with van der Waals surface area (Å²) >= 11 is 0. The van der Waals surface area contributed by atoms with Gasteiger partial charge >= 0.3 is 6.03 Å². The van der Waals surface area contributed by atoms with Gasteiger partial charge in [0.05, 0.1) is 12.6 Å². The van der Waals surface area contributed by atoms with E-state index in [0.717, 1.165) is 11.1 Å². The molecule has 0 saturated carbocycles. The van der Waals surface area contributed by atoms with Crippen molar-refractivity contribution < 1.29 is 19.0 Å². The van der Waals surface area contributed by atoms with Crippen LogP contribution in [-0.2, 0) is 0 Å². The van der Waals surface area contributed by atoms with E-state index < -0.39 is 0 Å². The van der Waals surface area contributed by atoms with Gasteiger partial charge in [0, 0.05) is 6.07 Å². The second-order valence-corrected chi connectivity index (χ2v) is 6.52. The van der Waals surface area contributed by atoms with E-state index in [9.17, 15) is 4.79 Å². The number of amides is 2. The largest absolute Gasteiger partial charge is 0.492 e. The van der Waals surface area contributed by atoms with Crippen LogP contribution in [0.1, 0.15) is 17.2 Å². The fourth-order valence-corrected chi connectivity index (χ4v) is 3.13. The fourth-order valence-electron chi connectivity index (χ4n) is 3.13. The van der Waals surface area contributed by atoms with E-state index in [2.05, 4.69) is 10.6 Å². The number of hydrogen-bond acceptors (Lipinski definition) is 4. The summed E-state index contributed by atoms with van der Waals surface area (Å²) in [5, 5.41) is 5.88. The van der Waals surface area contributed by atoms with Crippen molar-refractivity contribution in [3.8, 4) is 17.2 Å². The van der Waals surface area contributed by atoms with Crippen LogP contribution in [0.4, 0.5) is 4.79 Å². The fraction of sp³-hybridized carbons (Fsp3) is 0.174. The van der Waals surface area contributed by atoms with E-state index in [1.54, 1.807) is 6.07 Å². The van der Waals surface area contributed by atoms with Gasteiger partial charge in [0.25, 0.3) is 0 Å². The maximum atomic E-state index is 12.5. The predicted molar refractivity (Wildman–Crippen MR) is 109 cm³/mol. The Balaban J connectivity index is 1.30. The van der Waals surface area contributed by atoms with Crippen molar-refractivity contribution in [1.29, 1.82) is 0 Å². The van der Waals surface area contributed by atoms with Gasteiger partial charge in [-0.2, -0.15) is 0 Å². The normalized spacial score (nSPS) is 11.9. The van der Waals surface area contributed by atoms with Gasteiger partial charge in [-0.05, 0) is 23.3 Å². The number of ether oxygens (including phenoxy) is 3. The van der Waals surface area contributed by atoms with Crippen molar-refractivity contribution in [3.05, 3.63) is 90.0 Å². The summed E-state index contributed by atoms with van der Waals surface area (Å²) in [6.45, 7) is 0.940. The van der Waals surface area contributed by atoms with Crippen LogP contribution in [-0.4, -0.2) is 26.0 Å². The van der Waals surface area contributed by atoms with Crippen LogP contribution < -0.4 is 24.8 Å². The third-order valence-electron chi connectivity index (χ3n) is 4.54. The first-order valence-electron chi connectivity index (χ1n) is 9.46. The summed E-state index contributed by atoms with van der Waals surface area (Å²) in [4.78, 5) is 12.5. The van der Waals surface area contributed by atoms with Crippen LogP contribution in [0, 0.1) is 0 Å². The second-order valence-electron chi connectivity index (χ2n) is 6.52. The molecule has 148 valence electrons. The van der Waals surface area contributed by atoms with E-state index in [1.807, 2.05) is 72.8 Å². The van der Waals surface area contributed by atoms with E-state index >= 15 is 0 Å². The van der Waals surface area contributed by atoms with Crippen LogP contribution in [0.2, 0.25) is 0 Å². The molecule has 29 heavy (non-hydrogen) atoms. The van der Waals surface area contributed by atoms with Gasteiger partial charge in [-0.1, -0.05) is 60.7 Å². The molecule has 2 N–H and O–H groups in total. The van der Waals surface area contributed by atoms with Crippen LogP contribution in [0.5, 0.6) is 17.2 Å². The minimum absolute atomic E-state index is 0.227. The minimum atomic E-state index is -0.253. The van der Waals surface area contributed by atoms with Gasteiger partial charge in [-0.3, -0.25) is 0 Å². The molecule has 0 saturated heterocycles. The maximum absolute atomic E-state index is 12.5. The number of nitrogens with one attached hydrogen (secondary N) is 2. The second kappa shape index (κ2) is 9.01. The van der Waals surface area contributed by atoms with E-state index in [4.69, 9.17) is 14.2 Å². The van der Waals surface area contributed by atoms with Crippen molar-refractivity contribution >= 4 is 6.03 Å². The Kier molecular flexibility index (Phi) is 5.81. The molecule has 1 aliphatic heterocycles. The highest BCUT2D eigenvalue weighted by atomic mass is 16.7. The Morgan fingerprint density at radius 2 is 1.55 bits per heavy atom. The number of benzene rings is 3. The zero-order valence-electron chi connectivity index (χ0n) is 15.8. The molecule has 1 aliphatic rings. The lowest BCUT2D eigenvalue weighted by Gasteiger charge is -2.20. The van der Waals surface area contributed by atoms with E-state index in [0.29, 0.717) is 30.4 Å². The topological polar surface area (TPSA) is 68.8 Å². The van der Waals surface area contributed by atoms with Crippen molar-refractivity contribution in [2.75, 3.05) is 19.9 Å². The number of fused-ring (bicyclic) bond motifs is 1. The lowest BCUT2D eigenvalue weighted by atomic mass is 9.99. The third kappa shape index (κ3) is 4.79. The summed E-state index contributed by atoms with van der Waals surface area (Å²) in [5.41, 5.74) is 2.04. The quantitative estimate of drug-likeness (QED) is 0.601. The molecule has 0 aliphatic carbocycles.